The zero-order chi connectivity index (χ0) is 19.5. The number of benzene rings is 3. The number of fused-ring (bicyclic) bond motifs is 1. The minimum absolute atomic E-state index is 0.151. The number of anilines is 2. The summed E-state index contributed by atoms with van der Waals surface area (Å²) in [7, 11) is 0. The van der Waals surface area contributed by atoms with E-state index in [0.717, 1.165) is 22.4 Å². The van der Waals surface area contributed by atoms with Crippen LogP contribution in [-0.2, 0) is 4.79 Å². The predicted molar refractivity (Wildman–Crippen MR) is 110 cm³/mol. The molecule has 0 saturated heterocycles. The maximum atomic E-state index is 12.4. The van der Waals surface area contributed by atoms with Crippen LogP contribution >= 0.6 is 0 Å². The Morgan fingerprint density at radius 1 is 0.821 bits per heavy atom. The molecule has 4 aromatic rings. The molecule has 138 valence electrons. The van der Waals surface area contributed by atoms with Crippen molar-refractivity contribution in [2.24, 2.45) is 0 Å². The zero-order valence-electron chi connectivity index (χ0n) is 15.2. The number of nitrogens with zero attached hydrogens (tertiary/aromatic N) is 1. The lowest BCUT2D eigenvalue weighted by molar-refractivity contribution is -0.114. The lowest BCUT2D eigenvalue weighted by Crippen LogP contribution is -2.12. The third kappa shape index (κ3) is 3.76. The number of imidazole rings is 1. The number of amides is 2. The predicted octanol–water partition coefficient (Wildman–Crippen LogP) is 4.44. The molecule has 28 heavy (non-hydrogen) atoms. The number of carbonyl (C=O) groups is 2. The van der Waals surface area contributed by atoms with E-state index in [9.17, 15) is 9.59 Å². The largest absolute Gasteiger partial charge is 0.338 e. The molecule has 0 bridgehead atoms. The SMILES string of the molecule is CC(=O)Nc1ccc(C(=O)Nc2ccc(-c3nc4ccccc4[nH]3)cc2)cc1. The van der Waals surface area contributed by atoms with Gasteiger partial charge in [-0.15, -0.1) is 0 Å². The van der Waals surface area contributed by atoms with Crippen LogP contribution in [0.4, 0.5) is 11.4 Å². The number of H-pyrrole nitrogens is 1. The molecule has 0 spiro atoms. The molecule has 2 amide bonds. The molecular weight excluding hydrogens is 352 g/mol. The van der Waals surface area contributed by atoms with Crippen LogP contribution in [0.1, 0.15) is 17.3 Å². The van der Waals surface area contributed by atoms with E-state index in [2.05, 4.69) is 20.6 Å². The zero-order valence-corrected chi connectivity index (χ0v) is 15.2. The molecule has 0 fully saturated rings. The Labute approximate surface area is 161 Å². The van der Waals surface area contributed by atoms with Crippen molar-refractivity contribution in [1.82, 2.24) is 9.97 Å². The van der Waals surface area contributed by atoms with Gasteiger partial charge < -0.3 is 15.6 Å². The molecule has 6 heteroatoms. The Bertz CT molecular complexity index is 1110. The van der Waals surface area contributed by atoms with E-state index in [1.165, 1.54) is 6.92 Å². The van der Waals surface area contributed by atoms with Crippen LogP contribution < -0.4 is 10.6 Å². The molecule has 3 N–H and O–H groups in total. The van der Waals surface area contributed by atoms with Gasteiger partial charge in [-0.25, -0.2) is 4.98 Å². The van der Waals surface area contributed by atoms with E-state index < -0.39 is 0 Å². The molecule has 0 atom stereocenters. The standard InChI is InChI=1S/C22H18N4O2/c1-14(27)23-17-12-8-16(9-13-17)22(28)24-18-10-6-15(7-11-18)21-25-19-4-2-3-5-20(19)26-21/h2-13H,1H3,(H,23,27)(H,24,28)(H,25,26). The van der Waals surface area contributed by atoms with Gasteiger partial charge in [0.05, 0.1) is 11.0 Å². The fourth-order valence-electron chi connectivity index (χ4n) is 2.91. The molecular formula is C22H18N4O2. The van der Waals surface area contributed by atoms with Crippen LogP contribution in [0.3, 0.4) is 0 Å². The first-order valence-corrected chi connectivity index (χ1v) is 8.83. The molecule has 6 nitrogen and oxygen atoms in total. The number of hydrogen-bond acceptors (Lipinski definition) is 3. The van der Waals surface area contributed by atoms with E-state index >= 15 is 0 Å². The highest BCUT2D eigenvalue weighted by Gasteiger charge is 2.08. The lowest BCUT2D eigenvalue weighted by atomic mass is 10.1. The fourth-order valence-corrected chi connectivity index (χ4v) is 2.91. The van der Waals surface area contributed by atoms with Crippen molar-refractivity contribution in [3.63, 3.8) is 0 Å². The number of hydrogen-bond donors (Lipinski definition) is 3. The monoisotopic (exact) mass is 370 g/mol. The minimum Gasteiger partial charge on any atom is -0.338 e. The van der Waals surface area contributed by atoms with E-state index in [4.69, 9.17) is 0 Å². The Hall–Kier alpha value is -3.93. The summed E-state index contributed by atoms with van der Waals surface area (Å²) >= 11 is 0. The number of aromatic amines is 1. The second-order valence-corrected chi connectivity index (χ2v) is 6.39. The Kier molecular flexibility index (Phi) is 4.60. The summed E-state index contributed by atoms with van der Waals surface area (Å²) in [6.07, 6.45) is 0. The summed E-state index contributed by atoms with van der Waals surface area (Å²) < 4.78 is 0. The van der Waals surface area contributed by atoms with Crippen molar-refractivity contribution in [2.75, 3.05) is 10.6 Å². The van der Waals surface area contributed by atoms with E-state index in [-0.39, 0.29) is 11.8 Å². The molecule has 1 heterocycles. The van der Waals surface area contributed by atoms with Crippen LogP contribution in [-0.4, -0.2) is 21.8 Å². The number of nitrogens with one attached hydrogen (secondary N) is 3. The second kappa shape index (κ2) is 7.36. The summed E-state index contributed by atoms with van der Waals surface area (Å²) in [4.78, 5) is 31.3. The molecule has 0 unspecified atom stereocenters. The highest BCUT2D eigenvalue weighted by molar-refractivity contribution is 6.04. The van der Waals surface area contributed by atoms with Crippen molar-refractivity contribution in [1.29, 1.82) is 0 Å². The van der Waals surface area contributed by atoms with Crippen LogP contribution in [0.2, 0.25) is 0 Å². The molecule has 3 aromatic carbocycles. The lowest BCUT2D eigenvalue weighted by Gasteiger charge is -2.07. The van der Waals surface area contributed by atoms with Gasteiger partial charge in [0, 0.05) is 29.4 Å². The topological polar surface area (TPSA) is 86.9 Å². The quantitative estimate of drug-likeness (QED) is 0.496. The van der Waals surface area contributed by atoms with Gasteiger partial charge in [-0.2, -0.15) is 0 Å². The van der Waals surface area contributed by atoms with E-state index in [0.29, 0.717) is 16.9 Å². The smallest absolute Gasteiger partial charge is 0.255 e. The van der Waals surface area contributed by atoms with Crippen molar-refractivity contribution in [3.05, 3.63) is 78.4 Å². The molecule has 4 rings (SSSR count). The van der Waals surface area contributed by atoms with Crippen LogP contribution in [0, 0.1) is 0 Å². The third-order valence-electron chi connectivity index (χ3n) is 4.27. The molecule has 0 saturated carbocycles. The summed E-state index contributed by atoms with van der Waals surface area (Å²) in [5.74, 6) is 0.417. The van der Waals surface area contributed by atoms with Crippen LogP contribution in [0.5, 0.6) is 0 Å². The Balaban J connectivity index is 1.46. The number of rotatable bonds is 4. The highest BCUT2D eigenvalue weighted by atomic mass is 16.2. The summed E-state index contributed by atoms with van der Waals surface area (Å²) in [5.41, 5.74) is 4.69. The van der Waals surface area contributed by atoms with E-state index in [1.54, 1.807) is 24.3 Å². The fraction of sp³-hybridized carbons (Fsp3) is 0.0455. The van der Waals surface area contributed by atoms with Crippen molar-refractivity contribution in [3.8, 4) is 11.4 Å². The molecule has 0 radical (unpaired) electrons. The normalized spacial score (nSPS) is 10.6. The van der Waals surface area contributed by atoms with Crippen LogP contribution in [0.15, 0.2) is 72.8 Å². The van der Waals surface area contributed by atoms with Gasteiger partial charge in [0.15, 0.2) is 0 Å². The summed E-state index contributed by atoms with van der Waals surface area (Å²) in [5, 5.41) is 5.54. The van der Waals surface area contributed by atoms with Gasteiger partial charge in [0.1, 0.15) is 5.82 Å². The van der Waals surface area contributed by atoms with Crippen molar-refractivity contribution in [2.45, 2.75) is 6.92 Å². The van der Waals surface area contributed by atoms with Gasteiger partial charge in [-0.3, -0.25) is 9.59 Å². The van der Waals surface area contributed by atoms with Gasteiger partial charge in [0.25, 0.3) is 5.91 Å². The average molecular weight is 370 g/mol. The first-order chi connectivity index (χ1) is 13.6. The van der Waals surface area contributed by atoms with Crippen LogP contribution in [0.25, 0.3) is 22.4 Å². The Morgan fingerprint density at radius 3 is 2.14 bits per heavy atom. The van der Waals surface area contributed by atoms with Gasteiger partial charge in [0.2, 0.25) is 5.91 Å². The first kappa shape index (κ1) is 17.5. The highest BCUT2D eigenvalue weighted by Crippen LogP contribution is 2.22. The molecule has 0 aliphatic heterocycles. The van der Waals surface area contributed by atoms with Gasteiger partial charge >= 0.3 is 0 Å². The van der Waals surface area contributed by atoms with Gasteiger partial charge in [-0.05, 0) is 60.7 Å². The van der Waals surface area contributed by atoms with Gasteiger partial charge in [-0.1, -0.05) is 12.1 Å². The number of aromatic nitrogens is 2. The second-order valence-electron chi connectivity index (χ2n) is 6.39. The summed E-state index contributed by atoms with van der Waals surface area (Å²) in [6.45, 7) is 1.44. The number of carbonyl (C=O) groups excluding carboxylic acids is 2. The third-order valence-corrected chi connectivity index (χ3v) is 4.27. The first-order valence-electron chi connectivity index (χ1n) is 8.83. The molecule has 0 aliphatic rings. The minimum atomic E-state index is -0.217. The average Bonchev–Trinajstić information content (AvgIpc) is 3.13. The Morgan fingerprint density at radius 2 is 1.46 bits per heavy atom. The molecule has 1 aromatic heterocycles. The molecule has 0 aliphatic carbocycles. The van der Waals surface area contributed by atoms with Crippen molar-refractivity contribution >= 4 is 34.2 Å². The van der Waals surface area contributed by atoms with Crippen molar-refractivity contribution < 1.29 is 9.59 Å². The summed E-state index contributed by atoms with van der Waals surface area (Å²) in [6, 6.07) is 22.1. The number of para-hydroxylation sites is 2. The maximum absolute atomic E-state index is 12.4. The van der Waals surface area contributed by atoms with E-state index in [1.807, 2.05) is 48.5 Å². The maximum Gasteiger partial charge on any atom is 0.255 e.